The lowest BCUT2D eigenvalue weighted by atomic mass is 10.3. The minimum atomic E-state index is -0.917. The third-order valence-electron chi connectivity index (χ3n) is 2.02. The lowest BCUT2D eigenvalue weighted by Crippen LogP contribution is -1.95. The smallest absolute Gasteiger partial charge is 0.272 e. The Kier molecular flexibility index (Phi) is 3.77. The molecule has 0 saturated heterocycles. The number of hydrogen-bond donors (Lipinski definition) is 0. The number of benzene rings is 1. The highest BCUT2D eigenvalue weighted by Gasteiger charge is 2.14. The van der Waals surface area contributed by atoms with E-state index in [1.807, 2.05) is 0 Å². The highest BCUT2D eigenvalue weighted by Crippen LogP contribution is 2.30. The average molecular weight is 304 g/mol. The second kappa shape index (κ2) is 5.33. The van der Waals surface area contributed by atoms with Gasteiger partial charge in [0, 0.05) is 6.07 Å². The van der Waals surface area contributed by atoms with E-state index in [-0.39, 0.29) is 21.9 Å². The molecule has 0 bridgehead atoms. The van der Waals surface area contributed by atoms with Crippen molar-refractivity contribution in [2.75, 3.05) is 0 Å². The molecule has 0 aliphatic heterocycles. The number of non-ortho nitro benzene ring substituents is 1. The van der Waals surface area contributed by atoms with Crippen molar-refractivity contribution in [1.29, 1.82) is 0 Å². The lowest BCUT2D eigenvalue weighted by molar-refractivity contribution is -0.385. The van der Waals surface area contributed by atoms with Gasteiger partial charge in [-0.3, -0.25) is 10.1 Å². The molecule has 0 unspecified atom stereocenters. The number of nitrogens with zero attached hydrogens (tertiary/aromatic N) is 3. The number of nitro groups is 1. The van der Waals surface area contributed by atoms with Gasteiger partial charge in [0.15, 0.2) is 11.6 Å². The molecular weight excluding hydrogens is 300 g/mol. The zero-order chi connectivity index (χ0) is 14.0. The molecule has 0 amide bonds. The van der Waals surface area contributed by atoms with Gasteiger partial charge in [-0.1, -0.05) is 11.6 Å². The Hall–Kier alpha value is -1.99. The van der Waals surface area contributed by atoms with Crippen LogP contribution in [0.5, 0.6) is 11.6 Å². The molecule has 6 nitrogen and oxygen atoms in total. The molecule has 98 valence electrons. The van der Waals surface area contributed by atoms with E-state index in [2.05, 4.69) is 9.97 Å². The quantitative estimate of drug-likeness (QED) is 0.491. The van der Waals surface area contributed by atoms with Gasteiger partial charge < -0.3 is 4.74 Å². The number of aromatic nitrogens is 2. The zero-order valence-electron chi connectivity index (χ0n) is 9.01. The van der Waals surface area contributed by atoms with Crippen LogP contribution in [0.1, 0.15) is 0 Å². The van der Waals surface area contributed by atoms with Crippen LogP contribution in [0.25, 0.3) is 0 Å². The van der Waals surface area contributed by atoms with E-state index in [0.29, 0.717) is 0 Å². The number of rotatable bonds is 3. The summed E-state index contributed by atoms with van der Waals surface area (Å²) >= 11 is 11.3. The van der Waals surface area contributed by atoms with Crippen LogP contribution in [0.2, 0.25) is 10.3 Å². The number of hydrogen-bond acceptors (Lipinski definition) is 5. The molecular formula is C10H4Cl2FN3O3. The first kappa shape index (κ1) is 13.4. The molecule has 0 aliphatic carbocycles. The van der Waals surface area contributed by atoms with Crippen molar-refractivity contribution < 1.29 is 14.1 Å². The minimum absolute atomic E-state index is 0.0298. The maximum atomic E-state index is 13.6. The summed E-state index contributed by atoms with van der Waals surface area (Å²) in [6.07, 6.45) is 1.19. The molecule has 1 aromatic heterocycles. The molecule has 19 heavy (non-hydrogen) atoms. The summed E-state index contributed by atoms with van der Waals surface area (Å²) in [4.78, 5) is 17.0. The first-order valence-electron chi connectivity index (χ1n) is 4.77. The van der Waals surface area contributed by atoms with Gasteiger partial charge in [0.05, 0.1) is 17.2 Å². The topological polar surface area (TPSA) is 78.2 Å². The van der Waals surface area contributed by atoms with E-state index in [0.717, 1.165) is 18.2 Å². The van der Waals surface area contributed by atoms with E-state index in [9.17, 15) is 14.5 Å². The second-order valence-corrected chi connectivity index (χ2v) is 4.01. The minimum Gasteiger partial charge on any atom is -0.434 e. The predicted octanol–water partition coefficient (Wildman–Crippen LogP) is 3.62. The van der Waals surface area contributed by atoms with Gasteiger partial charge in [-0.05, 0) is 17.7 Å². The first-order valence-corrected chi connectivity index (χ1v) is 5.53. The van der Waals surface area contributed by atoms with Crippen molar-refractivity contribution in [2.24, 2.45) is 0 Å². The summed E-state index contributed by atoms with van der Waals surface area (Å²) < 4.78 is 18.7. The van der Waals surface area contributed by atoms with E-state index in [4.69, 9.17) is 27.9 Å². The molecule has 0 saturated carbocycles. The third-order valence-corrected chi connectivity index (χ3v) is 2.46. The summed E-state index contributed by atoms with van der Waals surface area (Å²) in [5, 5.41) is 10.4. The Labute approximate surface area is 115 Å². The van der Waals surface area contributed by atoms with Crippen LogP contribution < -0.4 is 4.74 Å². The molecule has 2 aromatic rings. The first-order chi connectivity index (χ1) is 8.97. The van der Waals surface area contributed by atoms with Crippen molar-refractivity contribution in [2.45, 2.75) is 0 Å². The monoisotopic (exact) mass is 303 g/mol. The molecule has 0 aliphatic rings. The second-order valence-electron chi connectivity index (χ2n) is 3.27. The number of ether oxygens (including phenoxy) is 1. The van der Waals surface area contributed by atoms with Gasteiger partial charge in [-0.15, -0.1) is 0 Å². The van der Waals surface area contributed by atoms with Crippen molar-refractivity contribution in [3.05, 3.63) is 50.6 Å². The highest BCUT2D eigenvalue weighted by atomic mass is 35.5. The molecule has 0 spiro atoms. The summed E-state index contributed by atoms with van der Waals surface area (Å²) in [6.45, 7) is 0. The Balaban J connectivity index is 2.33. The van der Waals surface area contributed by atoms with Crippen LogP contribution in [-0.4, -0.2) is 14.9 Å². The molecule has 2 rings (SSSR count). The van der Waals surface area contributed by atoms with Crippen molar-refractivity contribution in [3.8, 4) is 11.6 Å². The summed E-state index contributed by atoms with van der Waals surface area (Å²) in [7, 11) is 0. The Morgan fingerprint density at radius 3 is 2.74 bits per heavy atom. The van der Waals surface area contributed by atoms with Crippen LogP contribution >= 0.6 is 23.2 Å². The standard InChI is InChI=1S/C10H4Cl2FN3O3/c11-6-4-14-10(12)15-9(6)19-8-2-1-5(16(17)18)3-7(8)13/h1-4H. The molecule has 1 heterocycles. The van der Waals surface area contributed by atoms with Crippen molar-refractivity contribution >= 4 is 28.9 Å². The zero-order valence-corrected chi connectivity index (χ0v) is 10.5. The average Bonchev–Trinajstić information content (AvgIpc) is 2.36. The van der Waals surface area contributed by atoms with Crippen LogP contribution in [0.3, 0.4) is 0 Å². The predicted molar refractivity (Wildman–Crippen MR) is 65.2 cm³/mol. The Morgan fingerprint density at radius 2 is 2.11 bits per heavy atom. The fourth-order valence-electron chi connectivity index (χ4n) is 1.19. The van der Waals surface area contributed by atoms with Crippen LogP contribution in [-0.2, 0) is 0 Å². The van der Waals surface area contributed by atoms with Gasteiger partial charge in [0.1, 0.15) is 5.02 Å². The largest absolute Gasteiger partial charge is 0.434 e. The lowest BCUT2D eigenvalue weighted by Gasteiger charge is -2.06. The van der Waals surface area contributed by atoms with Crippen LogP contribution in [0.4, 0.5) is 10.1 Å². The van der Waals surface area contributed by atoms with E-state index in [1.165, 1.54) is 6.20 Å². The molecule has 0 atom stereocenters. The maximum Gasteiger partial charge on any atom is 0.272 e. The van der Waals surface area contributed by atoms with Crippen LogP contribution in [0.15, 0.2) is 24.4 Å². The number of nitro benzene ring substituents is 1. The molecule has 9 heteroatoms. The summed E-state index contributed by atoms with van der Waals surface area (Å²) in [6, 6.07) is 2.92. The van der Waals surface area contributed by atoms with E-state index >= 15 is 0 Å². The Morgan fingerprint density at radius 1 is 1.37 bits per heavy atom. The normalized spacial score (nSPS) is 10.3. The van der Waals surface area contributed by atoms with Gasteiger partial charge in [-0.2, -0.15) is 4.98 Å². The fraction of sp³-hybridized carbons (Fsp3) is 0. The highest BCUT2D eigenvalue weighted by molar-refractivity contribution is 6.32. The third kappa shape index (κ3) is 3.07. The van der Waals surface area contributed by atoms with E-state index in [1.54, 1.807) is 0 Å². The van der Waals surface area contributed by atoms with E-state index < -0.39 is 16.4 Å². The maximum absolute atomic E-state index is 13.6. The molecule has 1 aromatic carbocycles. The SMILES string of the molecule is O=[N+]([O-])c1ccc(Oc2nc(Cl)ncc2Cl)c(F)c1. The van der Waals surface area contributed by atoms with Crippen molar-refractivity contribution in [1.82, 2.24) is 9.97 Å². The summed E-state index contributed by atoms with van der Waals surface area (Å²) in [5.74, 6) is -1.32. The van der Waals surface area contributed by atoms with Crippen LogP contribution in [0, 0.1) is 15.9 Å². The Bertz CT molecular complexity index is 654. The fourth-order valence-corrected chi connectivity index (χ4v) is 1.45. The van der Waals surface area contributed by atoms with Gasteiger partial charge in [0.25, 0.3) is 5.69 Å². The van der Waals surface area contributed by atoms with Crippen molar-refractivity contribution in [3.63, 3.8) is 0 Å². The molecule has 0 radical (unpaired) electrons. The van der Waals surface area contributed by atoms with Gasteiger partial charge >= 0.3 is 0 Å². The number of halogens is 3. The molecule has 0 N–H and O–H groups in total. The van der Waals surface area contributed by atoms with Gasteiger partial charge in [0.2, 0.25) is 11.2 Å². The molecule has 0 fully saturated rings. The van der Waals surface area contributed by atoms with Gasteiger partial charge in [-0.25, -0.2) is 9.37 Å². The summed E-state index contributed by atoms with van der Waals surface area (Å²) in [5.41, 5.74) is -0.392.